The van der Waals surface area contributed by atoms with Crippen LogP contribution in [0, 0.1) is 0 Å². The van der Waals surface area contributed by atoms with Crippen LogP contribution in [-0.4, -0.2) is 80.9 Å². The van der Waals surface area contributed by atoms with Crippen molar-refractivity contribution in [3.63, 3.8) is 0 Å². The van der Waals surface area contributed by atoms with Gasteiger partial charge in [0.15, 0.2) is 5.75 Å². The summed E-state index contributed by atoms with van der Waals surface area (Å²) < 4.78 is 56.9. The first kappa shape index (κ1) is 20.4. The van der Waals surface area contributed by atoms with E-state index in [0.29, 0.717) is 37.2 Å². The van der Waals surface area contributed by atoms with Gasteiger partial charge in [-0.25, -0.2) is 26.5 Å². The van der Waals surface area contributed by atoms with Gasteiger partial charge in [-0.3, -0.25) is 5.10 Å². The van der Waals surface area contributed by atoms with Gasteiger partial charge in [0.1, 0.15) is 18.6 Å². The summed E-state index contributed by atoms with van der Waals surface area (Å²) in [7, 11) is -3.21. The summed E-state index contributed by atoms with van der Waals surface area (Å²) in [6.45, 7) is -0.0105. The molecule has 2 N–H and O–H groups in total. The lowest BCUT2D eigenvalue weighted by atomic mass is 10.1. The number of hydrogen-bond donors (Lipinski definition) is 2. The van der Waals surface area contributed by atoms with Crippen LogP contribution in [0.15, 0.2) is 18.7 Å². The highest BCUT2D eigenvalue weighted by atomic mass is 32.2. The third-order valence-electron chi connectivity index (χ3n) is 4.73. The molecule has 0 radical (unpaired) electrons. The third kappa shape index (κ3) is 4.33. The molecule has 0 amide bonds. The topological polar surface area (TPSA) is 130 Å². The molecule has 0 unspecified atom stereocenters. The number of ether oxygens (including phenoxy) is 1. The number of nitrogens with one attached hydrogen (secondary N) is 2. The van der Waals surface area contributed by atoms with Crippen LogP contribution in [0.4, 0.5) is 14.7 Å². The lowest BCUT2D eigenvalue weighted by Gasteiger charge is -2.30. The number of halogens is 2. The van der Waals surface area contributed by atoms with E-state index in [1.807, 2.05) is 0 Å². The average Bonchev–Trinajstić information content (AvgIpc) is 3.35. The molecule has 14 heteroatoms. The van der Waals surface area contributed by atoms with Gasteiger partial charge in [-0.2, -0.15) is 14.6 Å². The summed E-state index contributed by atoms with van der Waals surface area (Å²) in [6, 6.07) is -0.0212. The molecule has 4 heterocycles. The average molecular weight is 442 g/mol. The molecule has 1 saturated heterocycles. The monoisotopic (exact) mass is 442 g/mol. The van der Waals surface area contributed by atoms with E-state index in [9.17, 15) is 17.2 Å². The largest absolute Gasteiger partial charge is 0.481 e. The quantitative estimate of drug-likeness (QED) is 0.554. The van der Waals surface area contributed by atoms with Crippen molar-refractivity contribution in [2.45, 2.75) is 25.3 Å². The van der Waals surface area contributed by atoms with Crippen molar-refractivity contribution in [2.75, 3.05) is 31.3 Å². The van der Waals surface area contributed by atoms with Gasteiger partial charge in [-0.05, 0) is 12.8 Å². The summed E-state index contributed by atoms with van der Waals surface area (Å²) in [5.74, 6) is 0.354. The first-order chi connectivity index (χ1) is 14.3. The van der Waals surface area contributed by atoms with Crippen molar-refractivity contribution < 1.29 is 21.9 Å². The van der Waals surface area contributed by atoms with Gasteiger partial charge in [-0.1, -0.05) is 0 Å². The van der Waals surface area contributed by atoms with Crippen molar-refractivity contribution in [3.8, 4) is 17.0 Å². The molecule has 4 rings (SSSR count). The fourth-order valence-corrected chi connectivity index (χ4v) is 4.15. The van der Waals surface area contributed by atoms with Gasteiger partial charge in [0.05, 0.1) is 12.5 Å². The van der Waals surface area contributed by atoms with Crippen LogP contribution in [0.25, 0.3) is 16.9 Å². The highest BCUT2D eigenvalue weighted by Gasteiger charge is 2.26. The van der Waals surface area contributed by atoms with Crippen LogP contribution >= 0.6 is 0 Å². The van der Waals surface area contributed by atoms with Gasteiger partial charge < -0.3 is 10.1 Å². The standard InChI is InChI=1S/C16H20F2N8O3S/c1-30(27,28)25-4-2-11(3-5-25)22-16-23-15-14(29-8-12(17)18)13(10-6-20-21-7-10)19-9-26(15)24-16/h6-7,9,11-12H,2-5,8H2,1H3,(H,20,21)(H,22,24). The Bertz CT molecular complexity index is 1110. The Morgan fingerprint density at radius 1 is 1.37 bits per heavy atom. The lowest BCUT2D eigenvalue weighted by Crippen LogP contribution is -2.41. The molecule has 0 bridgehead atoms. The number of piperidine rings is 1. The maximum atomic E-state index is 12.8. The molecule has 1 aliphatic heterocycles. The van der Waals surface area contributed by atoms with E-state index in [4.69, 9.17) is 4.74 Å². The van der Waals surface area contributed by atoms with Gasteiger partial charge in [-0.15, -0.1) is 5.10 Å². The second-order valence-electron chi connectivity index (χ2n) is 6.90. The van der Waals surface area contributed by atoms with Crippen molar-refractivity contribution in [1.82, 2.24) is 34.1 Å². The summed E-state index contributed by atoms with van der Waals surface area (Å²) in [5, 5.41) is 14.0. The van der Waals surface area contributed by atoms with E-state index < -0.39 is 23.1 Å². The number of sulfonamides is 1. The van der Waals surface area contributed by atoms with Gasteiger partial charge >= 0.3 is 0 Å². The second kappa shape index (κ2) is 8.10. The molecule has 3 aromatic rings. The fraction of sp³-hybridized carbons (Fsp3) is 0.500. The number of hydrogen-bond acceptors (Lipinski definition) is 8. The van der Waals surface area contributed by atoms with E-state index in [1.165, 1.54) is 27.6 Å². The number of aromatic nitrogens is 6. The van der Waals surface area contributed by atoms with E-state index in [-0.39, 0.29) is 23.4 Å². The smallest absolute Gasteiger partial charge is 0.272 e. The van der Waals surface area contributed by atoms with Crippen LogP contribution in [0.1, 0.15) is 12.8 Å². The van der Waals surface area contributed by atoms with Gasteiger partial charge in [0.2, 0.25) is 21.6 Å². The number of alkyl halides is 2. The Balaban J connectivity index is 1.58. The Kier molecular flexibility index (Phi) is 5.51. The van der Waals surface area contributed by atoms with Crippen molar-refractivity contribution in [1.29, 1.82) is 0 Å². The zero-order valence-corrected chi connectivity index (χ0v) is 16.8. The molecular formula is C16H20F2N8O3S. The van der Waals surface area contributed by atoms with Crippen LogP contribution in [0.3, 0.4) is 0 Å². The van der Waals surface area contributed by atoms with Gasteiger partial charge in [0, 0.05) is 30.9 Å². The van der Waals surface area contributed by atoms with Crippen molar-refractivity contribution >= 4 is 21.6 Å². The minimum Gasteiger partial charge on any atom is -0.481 e. The number of H-pyrrole nitrogens is 1. The van der Waals surface area contributed by atoms with E-state index in [1.54, 1.807) is 6.20 Å². The Labute approximate surface area is 170 Å². The van der Waals surface area contributed by atoms with Crippen molar-refractivity contribution in [2.24, 2.45) is 0 Å². The van der Waals surface area contributed by atoms with Gasteiger partial charge in [0.25, 0.3) is 6.43 Å². The summed E-state index contributed by atoms with van der Waals surface area (Å²) in [5.41, 5.74) is 1.11. The minimum absolute atomic E-state index is 0.0212. The molecule has 1 aliphatic rings. The SMILES string of the molecule is CS(=O)(=O)N1CCC(Nc2nc3c(OCC(F)F)c(-c4cn[nH]c4)ncn3n2)CC1. The van der Waals surface area contributed by atoms with Crippen LogP contribution in [0.2, 0.25) is 0 Å². The third-order valence-corrected chi connectivity index (χ3v) is 6.03. The van der Waals surface area contributed by atoms with E-state index in [0.717, 1.165) is 0 Å². The number of fused-ring (bicyclic) bond motifs is 1. The van der Waals surface area contributed by atoms with Crippen LogP contribution in [0.5, 0.6) is 5.75 Å². The zero-order valence-electron chi connectivity index (χ0n) is 16.0. The number of nitrogens with zero attached hydrogens (tertiary/aromatic N) is 6. The molecule has 0 aliphatic carbocycles. The summed E-state index contributed by atoms with van der Waals surface area (Å²) in [6.07, 6.45) is 4.19. The second-order valence-corrected chi connectivity index (χ2v) is 8.88. The van der Waals surface area contributed by atoms with E-state index in [2.05, 4.69) is 30.6 Å². The Morgan fingerprint density at radius 2 is 2.13 bits per heavy atom. The Morgan fingerprint density at radius 3 is 2.77 bits per heavy atom. The highest BCUT2D eigenvalue weighted by Crippen LogP contribution is 2.31. The number of aromatic amines is 1. The minimum atomic E-state index is -3.21. The fourth-order valence-electron chi connectivity index (χ4n) is 3.28. The normalized spacial score (nSPS) is 16.4. The highest BCUT2D eigenvalue weighted by molar-refractivity contribution is 7.88. The van der Waals surface area contributed by atoms with E-state index >= 15 is 0 Å². The molecule has 11 nitrogen and oxygen atoms in total. The maximum Gasteiger partial charge on any atom is 0.272 e. The molecule has 30 heavy (non-hydrogen) atoms. The number of rotatable bonds is 7. The molecule has 0 atom stereocenters. The predicted octanol–water partition coefficient (Wildman–Crippen LogP) is 0.994. The molecule has 3 aromatic heterocycles. The zero-order chi connectivity index (χ0) is 21.3. The molecule has 0 spiro atoms. The summed E-state index contributed by atoms with van der Waals surface area (Å²) >= 11 is 0. The Hall–Kier alpha value is -2.87. The lowest BCUT2D eigenvalue weighted by molar-refractivity contribution is 0.0825. The maximum absolute atomic E-state index is 12.8. The molecular weight excluding hydrogens is 422 g/mol. The number of anilines is 1. The summed E-state index contributed by atoms with van der Waals surface area (Å²) in [4.78, 5) is 8.65. The molecule has 0 saturated carbocycles. The first-order valence-electron chi connectivity index (χ1n) is 9.18. The van der Waals surface area contributed by atoms with Crippen LogP contribution < -0.4 is 10.1 Å². The molecule has 1 fully saturated rings. The predicted molar refractivity (Wildman–Crippen MR) is 103 cm³/mol. The van der Waals surface area contributed by atoms with Crippen molar-refractivity contribution in [3.05, 3.63) is 18.7 Å². The first-order valence-corrected chi connectivity index (χ1v) is 11.0. The molecule has 162 valence electrons. The molecule has 0 aromatic carbocycles. The van der Waals surface area contributed by atoms with Crippen LogP contribution in [-0.2, 0) is 10.0 Å².